The molecule has 0 aliphatic carbocycles. The second kappa shape index (κ2) is 3.72. The van der Waals surface area contributed by atoms with Gasteiger partial charge in [0.05, 0.1) is 6.61 Å². The lowest BCUT2D eigenvalue weighted by Gasteiger charge is -2.50. The summed E-state index contributed by atoms with van der Waals surface area (Å²) in [6.45, 7) is 3.98. The van der Waals surface area contributed by atoms with Gasteiger partial charge in [-0.1, -0.05) is 6.42 Å². The fourth-order valence-corrected chi connectivity index (χ4v) is 3.97. The minimum atomic E-state index is 0.221. The molecule has 3 aliphatic rings. The third-order valence-corrected chi connectivity index (χ3v) is 4.91. The van der Waals surface area contributed by atoms with E-state index in [1.54, 1.807) is 0 Å². The van der Waals surface area contributed by atoms with Crippen molar-refractivity contribution in [1.29, 1.82) is 0 Å². The molecule has 0 radical (unpaired) electrons. The molecule has 3 nitrogen and oxygen atoms in total. The van der Waals surface area contributed by atoms with Crippen molar-refractivity contribution in [2.24, 2.45) is 5.41 Å². The molecule has 3 fully saturated rings. The highest BCUT2D eigenvalue weighted by molar-refractivity contribution is 5.07. The Morgan fingerprint density at radius 1 is 1.27 bits per heavy atom. The Morgan fingerprint density at radius 2 is 2.20 bits per heavy atom. The van der Waals surface area contributed by atoms with E-state index in [4.69, 9.17) is 0 Å². The van der Waals surface area contributed by atoms with Crippen molar-refractivity contribution < 1.29 is 5.11 Å². The molecule has 3 atom stereocenters. The highest BCUT2D eigenvalue weighted by atomic mass is 16.3. The maximum absolute atomic E-state index is 9.68. The Kier molecular flexibility index (Phi) is 2.49. The van der Waals surface area contributed by atoms with Gasteiger partial charge >= 0.3 is 0 Å². The molecule has 3 rings (SSSR count). The van der Waals surface area contributed by atoms with Crippen molar-refractivity contribution in [3.8, 4) is 0 Å². The molecule has 0 saturated carbocycles. The van der Waals surface area contributed by atoms with Gasteiger partial charge in [0.2, 0.25) is 0 Å². The lowest BCUT2D eigenvalue weighted by Crippen LogP contribution is -2.61. The Hall–Kier alpha value is -0.120. The van der Waals surface area contributed by atoms with Crippen LogP contribution in [0.4, 0.5) is 0 Å². The Morgan fingerprint density at radius 3 is 3.07 bits per heavy atom. The first-order valence-corrected chi connectivity index (χ1v) is 6.44. The number of nitrogens with one attached hydrogen (secondary N) is 1. The number of aliphatic hydroxyl groups is 1. The summed E-state index contributed by atoms with van der Waals surface area (Å²) in [5, 5.41) is 13.3. The van der Waals surface area contributed by atoms with Crippen molar-refractivity contribution in [3.05, 3.63) is 0 Å². The summed E-state index contributed by atoms with van der Waals surface area (Å²) >= 11 is 0. The van der Waals surface area contributed by atoms with Gasteiger partial charge in [-0.2, -0.15) is 0 Å². The van der Waals surface area contributed by atoms with Crippen LogP contribution in [0.3, 0.4) is 0 Å². The summed E-state index contributed by atoms with van der Waals surface area (Å²) < 4.78 is 0. The van der Waals surface area contributed by atoms with Crippen LogP contribution in [0.1, 0.15) is 32.1 Å². The van der Waals surface area contributed by atoms with E-state index < -0.39 is 0 Å². The minimum absolute atomic E-state index is 0.221. The molecule has 3 aliphatic heterocycles. The van der Waals surface area contributed by atoms with Crippen LogP contribution in [0.15, 0.2) is 0 Å². The zero-order valence-electron chi connectivity index (χ0n) is 9.41. The van der Waals surface area contributed by atoms with E-state index in [0.717, 1.165) is 6.54 Å². The summed E-state index contributed by atoms with van der Waals surface area (Å²) in [7, 11) is 0. The number of aliphatic hydroxyl groups excluding tert-OH is 1. The third kappa shape index (κ3) is 1.44. The Labute approximate surface area is 91.8 Å². The van der Waals surface area contributed by atoms with E-state index in [1.807, 2.05) is 0 Å². The average molecular weight is 210 g/mol. The highest BCUT2D eigenvalue weighted by Crippen LogP contribution is 2.43. The van der Waals surface area contributed by atoms with Gasteiger partial charge < -0.3 is 10.4 Å². The lowest BCUT2D eigenvalue weighted by atomic mass is 9.70. The predicted octanol–water partition coefficient (Wildman–Crippen LogP) is 0.585. The standard InChI is InChI=1S/C12H22N2O/c15-9-12-4-6-13-11(12)10-3-1-2-7-14(10)8-5-12/h10-11,13,15H,1-9H2. The quantitative estimate of drug-likeness (QED) is 0.665. The topological polar surface area (TPSA) is 35.5 Å². The molecule has 15 heavy (non-hydrogen) atoms. The fraction of sp³-hybridized carbons (Fsp3) is 1.00. The molecule has 3 heteroatoms. The van der Waals surface area contributed by atoms with Gasteiger partial charge in [0.25, 0.3) is 0 Å². The molecule has 0 amide bonds. The van der Waals surface area contributed by atoms with Gasteiger partial charge in [0.15, 0.2) is 0 Å². The van der Waals surface area contributed by atoms with Crippen molar-refractivity contribution >= 4 is 0 Å². The monoisotopic (exact) mass is 210 g/mol. The molecule has 2 N–H and O–H groups in total. The van der Waals surface area contributed by atoms with Crippen LogP contribution in [0.5, 0.6) is 0 Å². The summed E-state index contributed by atoms with van der Waals surface area (Å²) in [6, 6.07) is 1.28. The third-order valence-electron chi connectivity index (χ3n) is 4.91. The minimum Gasteiger partial charge on any atom is -0.396 e. The molecule has 3 heterocycles. The lowest BCUT2D eigenvalue weighted by molar-refractivity contribution is -0.0183. The van der Waals surface area contributed by atoms with E-state index in [0.29, 0.717) is 18.7 Å². The van der Waals surface area contributed by atoms with Crippen LogP contribution in [0.25, 0.3) is 0 Å². The molecule has 3 saturated heterocycles. The van der Waals surface area contributed by atoms with Gasteiger partial charge in [-0.15, -0.1) is 0 Å². The van der Waals surface area contributed by atoms with Crippen LogP contribution < -0.4 is 5.32 Å². The van der Waals surface area contributed by atoms with E-state index in [2.05, 4.69) is 10.2 Å². The van der Waals surface area contributed by atoms with Gasteiger partial charge in [-0.3, -0.25) is 4.90 Å². The molecule has 0 aromatic heterocycles. The normalized spacial score (nSPS) is 46.2. The zero-order valence-corrected chi connectivity index (χ0v) is 9.41. The number of fused-ring (bicyclic) bond motifs is 3. The van der Waals surface area contributed by atoms with Crippen LogP contribution in [0, 0.1) is 5.41 Å². The maximum Gasteiger partial charge on any atom is 0.0503 e. The molecule has 0 aromatic rings. The van der Waals surface area contributed by atoms with Crippen molar-refractivity contribution in [2.75, 3.05) is 26.2 Å². The number of hydrogen-bond donors (Lipinski definition) is 2. The van der Waals surface area contributed by atoms with Crippen LogP contribution in [-0.4, -0.2) is 48.3 Å². The number of rotatable bonds is 1. The first kappa shape index (κ1) is 10.1. The Bertz CT molecular complexity index is 246. The Balaban J connectivity index is 1.83. The predicted molar refractivity (Wildman–Crippen MR) is 59.8 cm³/mol. The van der Waals surface area contributed by atoms with Crippen LogP contribution >= 0.6 is 0 Å². The first-order valence-electron chi connectivity index (χ1n) is 6.44. The molecule has 86 valence electrons. The SMILES string of the molecule is OCC12CCNC1C1CCCCN1CC2. The van der Waals surface area contributed by atoms with Crippen molar-refractivity contribution in [1.82, 2.24) is 10.2 Å². The van der Waals surface area contributed by atoms with Crippen LogP contribution in [0.2, 0.25) is 0 Å². The fourth-order valence-electron chi connectivity index (χ4n) is 3.97. The van der Waals surface area contributed by atoms with Crippen molar-refractivity contribution in [3.63, 3.8) is 0 Å². The first-order chi connectivity index (χ1) is 7.36. The molecule has 0 bridgehead atoms. The summed E-state index contributed by atoms with van der Waals surface area (Å²) in [6.07, 6.45) is 6.45. The van der Waals surface area contributed by atoms with Gasteiger partial charge in [0, 0.05) is 17.5 Å². The van der Waals surface area contributed by atoms with Crippen LogP contribution in [-0.2, 0) is 0 Å². The van der Waals surface area contributed by atoms with E-state index in [-0.39, 0.29) is 5.41 Å². The second-order valence-corrected chi connectivity index (χ2v) is 5.55. The summed E-state index contributed by atoms with van der Waals surface area (Å²) in [4.78, 5) is 2.65. The second-order valence-electron chi connectivity index (χ2n) is 5.55. The average Bonchev–Trinajstić information content (AvgIpc) is 2.73. The number of nitrogens with zero attached hydrogens (tertiary/aromatic N) is 1. The van der Waals surface area contributed by atoms with E-state index >= 15 is 0 Å². The van der Waals surface area contributed by atoms with Crippen molar-refractivity contribution in [2.45, 2.75) is 44.2 Å². The number of piperidine rings is 2. The number of hydrogen-bond acceptors (Lipinski definition) is 3. The molecule has 3 unspecified atom stereocenters. The molecular weight excluding hydrogens is 188 g/mol. The van der Waals surface area contributed by atoms with Gasteiger partial charge in [-0.25, -0.2) is 0 Å². The maximum atomic E-state index is 9.68. The van der Waals surface area contributed by atoms with Gasteiger partial charge in [0.1, 0.15) is 0 Å². The summed E-state index contributed by atoms with van der Waals surface area (Å²) in [5.41, 5.74) is 0.221. The highest BCUT2D eigenvalue weighted by Gasteiger charge is 2.50. The van der Waals surface area contributed by atoms with Gasteiger partial charge in [-0.05, 0) is 45.3 Å². The van der Waals surface area contributed by atoms with E-state index in [9.17, 15) is 5.11 Å². The molecular formula is C12H22N2O. The largest absolute Gasteiger partial charge is 0.396 e. The van der Waals surface area contributed by atoms with E-state index in [1.165, 1.54) is 45.2 Å². The molecule has 0 spiro atoms. The zero-order chi connectivity index (χ0) is 10.3. The summed E-state index contributed by atoms with van der Waals surface area (Å²) in [5.74, 6) is 0. The molecule has 0 aromatic carbocycles. The smallest absolute Gasteiger partial charge is 0.0503 e.